The van der Waals surface area contributed by atoms with Gasteiger partial charge in [-0.2, -0.15) is 20.1 Å². The van der Waals surface area contributed by atoms with Gasteiger partial charge in [0, 0.05) is 16.4 Å². The van der Waals surface area contributed by atoms with Crippen molar-refractivity contribution in [3.05, 3.63) is 17.3 Å². The first-order valence-electron chi connectivity index (χ1n) is 17.9. The number of aromatic nitrogens is 3. The van der Waals surface area contributed by atoms with Crippen LogP contribution in [0.2, 0.25) is 0 Å². The van der Waals surface area contributed by atoms with Crippen LogP contribution in [-0.2, 0) is 5.41 Å². The summed E-state index contributed by atoms with van der Waals surface area (Å²) in [5.74, 6) is 14.1. The van der Waals surface area contributed by atoms with Gasteiger partial charge in [-0.1, -0.05) is 39.5 Å². The van der Waals surface area contributed by atoms with E-state index in [-0.39, 0.29) is 28.1 Å². The molecular formula is C36H62N9+. The summed E-state index contributed by atoms with van der Waals surface area (Å²) >= 11 is 0. The van der Waals surface area contributed by atoms with Gasteiger partial charge in [-0.05, 0) is 106 Å². The Kier molecular flexibility index (Phi) is 7.41. The SMILES string of the molecule is CC1(C)CCC[N+](C)(C)C1N=c1nc2nc([nH]1)C21C(=NN2C(C)(C)CCCC2(C)C)C(C)(C)N([N])C(C)(C)C12CCCCCC2. The maximum atomic E-state index is 12.3. The lowest BCUT2D eigenvalue weighted by Crippen LogP contribution is -2.82. The maximum absolute atomic E-state index is 12.3. The summed E-state index contributed by atoms with van der Waals surface area (Å²) in [6.07, 6.45) is 12.5. The van der Waals surface area contributed by atoms with Crippen molar-refractivity contribution >= 4 is 5.71 Å². The average Bonchev–Trinajstić information content (AvgIpc) is 3.18. The van der Waals surface area contributed by atoms with Crippen LogP contribution in [0.15, 0.2) is 10.1 Å². The molecule has 1 aliphatic carbocycles. The zero-order chi connectivity index (χ0) is 33.1. The number of hydrogen-bond donors (Lipinski definition) is 1. The Balaban J connectivity index is 1.62. The van der Waals surface area contributed by atoms with Crippen LogP contribution >= 0.6 is 0 Å². The smallest absolute Gasteiger partial charge is 0.230 e. The van der Waals surface area contributed by atoms with Crippen molar-refractivity contribution in [2.75, 3.05) is 20.6 Å². The molecule has 2 bridgehead atoms. The fourth-order valence-electron chi connectivity index (χ4n) is 11.1. The minimum atomic E-state index is -0.757. The molecule has 250 valence electrons. The lowest BCUT2D eigenvalue weighted by atomic mass is 9.43. The van der Waals surface area contributed by atoms with E-state index in [1.54, 1.807) is 5.01 Å². The quantitative estimate of drug-likeness (QED) is 0.403. The number of likely N-dealkylation sites (tertiary alicyclic amines) is 1. The zero-order valence-corrected chi connectivity index (χ0v) is 30.6. The third-order valence-corrected chi connectivity index (χ3v) is 13.3. The van der Waals surface area contributed by atoms with E-state index in [4.69, 9.17) is 20.1 Å². The van der Waals surface area contributed by atoms with E-state index >= 15 is 0 Å². The first-order valence-corrected chi connectivity index (χ1v) is 17.9. The number of hydrazone groups is 1. The van der Waals surface area contributed by atoms with Gasteiger partial charge >= 0.3 is 0 Å². The number of aromatic amines is 1. The van der Waals surface area contributed by atoms with Crippen LogP contribution in [0.3, 0.4) is 0 Å². The van der Waals surface area contributed by atoms with Crippen LogP contribution in [0.25, 0.3) is 0 Å². The summed E-state index contributed by atoms with van der Waals surface area (Å²) in [6.45, 7) is 23.9. The van der Waals surface area contributed by atoms with Crippen molar-refractivity contribution in [1.82, 2.24) is 30.8 Å². The maximum Gasteiger partial charge on any atom is 0.230 e. The summed E-state index contributed by atoms with van der Waals surface area (Å²) < 4.78 is 0.857. The molecule has 4 fully saturated rings. The van der Waals surface area contributed by atoms with Crippen LogP contribution in [0.4, 0.5) is 0 Å². The lowest BCUT2D eigenvalue weighted by molar-refractivity contribution is -0.927. The Labute approximate surface area is 273 Å². The normalized spacial score (nSPS) is 33.2. The van der Waals surface area contributed by atoms with Crippen molar-refractivity contribution < 1.29 is 4.48 Å². The Morgan fingerprint density at radius 2 is 1.38 bits per heavy atom. The fourth-order valence-corrected chi connectivity index (χ4v) is 11.1. The van der Waals surface area contributed by atoms with Gasteiger partial charge in [0.25, 0.3) is 0 Å². The summed E-state index contributed by atoms with van der Waals surface area (Å²) in [4.78, 5) is 19.6. The van der Waals surface area contributed by atoms with Gasteiger partial charge in [-0.25, -0.2) is 4.98 Å². The molecule has 1 aromatic heterocycles. The average molecular weight is 621 g/mol. The number of nitrogens with zero attached hydrogens (tertiary/aromatic N) is 8. The van der Waals surface area contributed by atoms with Crippen LogP contribution in [0, 0.1) is 10.8 Å². The molecule has 5 aliphatic heterocycles. The van der Waals surface area contributed by atoms with E-state index in [0.29, 0.717) is 5.62 Å². The minimum absolute atomic E-state index is 0.0739. The molecule has 0 aromatic carbocycles. The molecule has 45 heavy (non-hydrogen) atoms. The molecule has 3 saturated heterocycles. The summed E-state index contributed by atoms with van der Waals surface area (Å²) in [5, 5.41) is 9.84. The first-order chi connectivity index (χ1) is 20.7. The number of H-pyrrole nitrogens is 1. The van der Waals surface area contributed by atoms with Crippen LogP contribution < -0.4 is 11.5 Å². The van der Waals surface area contributed by atoms with Crippen LogP contribution in [0.5, 0.6) is 0 Å². The molecule has 1 N–H and O–H groups in total. The molecule has 7 rings (SSSR count). The summed E-state index contributed by atoms with van der Waals surface area (Å²) in [5.41, 5.74) is -0.756. The Hall–Kier alpha value is -1.84. The Morgan fingerprint density at radius 1 is 0.778 bits per heavy atom. The molecule has 2 radical (unpaired) electrons. The van der Waals surface area contributed by atoms with Crippen molar-refractivity contribution in [1.29, 1.82) is 0 Å². The molecule has 1 aromatic rings. The van der Waals surface area contributed by atoms with Crippen LogP contribution in [0.1, 0.15) is 152 Å². The van der Waals surface area contributed by atoms with Crippen molar-refractivity contribution in [2.45, 2.75) is 174 Å². The van der Waals surface area contributed by atoms with Gasteiger partial charge in [0.2, 0.25) is 5.62 Å². The van der Waals surface area contributed by atoms with E-state index in [1.165, 1.54) is 25.7 Å². The van der Waals surface area contributed by atoms with Gasteiger partial charge in [0.1, 0.15) is 11.2 Å². The first kappa shape index (κ1) is 33.1. The highest BCUT2D eigenvalue weighted by molar-refractivity contribution is 6.06. The molecule has 2 atom stereocenters. The number of fused-ring (bicyclic) bond motifs is 2. The lowest BCUT2D eigenvalue weighted by Gasteiger charge is -2.69. The van der Waals surface area contributed by atoms with Gasteiger partial charge in [-0.3, -0.25) is 5.01 Å². The predicted octanol–water partition coefficient (Wildman–Crippen LogP) is 6.12. The second-order valence-corrected chi connectivity index (χ2v) is 18.9. The fraction of sp³-hybridized carbons (Fsp3) is 0.889. The molecule has 2 spiro atoms. The molecular weight excluding hydrogens is 558 g/mol. The Bertz CT molecular complexity index is 1360. The number of hydrogen-bond acceptors (Lipinski definition) is 6. The van der Waals surface area contributed by atoms with Crippen molar-refractivity contribution in [3.63, 3.8) is 0 Å². The molecule has 9 nitrogen and oxygen atoms in total. The van der Waals surface area contributed by atoms with Gasteiger partial charge < -0.3 is 9.47 Å². The highest BCUT2D eigenvalue weighted by atomic mass is 15.6. The molecule has 9 heteroatoms. The number of piperidine rings is 3. The molecule has 6 heterocycles. The van der Waals surface area contributed by atoms with E-state index in [2.05, 4.69) is 93.3 Å². The molecule has 0 amide bonds. The number of rotatable bonds is 2. The highest BCUT2D eigenvalue weighted by Crippen LogP contribution is 2.67. The van der Waals surface area contributed by atoms with E-state index in [9.17, 15) is 5.84 Å². The zero-order valence-electron chi connectivity index (χ0n) is 30.6. The van der Waals surface area contributed by atoms with Gasteiger partial charge in [0.15, 0.2) is 12.0 Å². The Morgan fingerprint density at radius 3 is 1.91 bits per heavy atom. The van der Waals surface area contributed by atoms with Crippen molar-refractivity contribution in [3.8, 4) is 0 Å². The number of quaternary nitrogens is 1. The third-order valence-electron chi connectivity index (χ3n) is 13.3. The second-order valence-electron chi connectivity index (χ2n) is 18.9. The minimum Gasteiger partial charge on any atom is -0.311 e. The second kappa shape index (κ2) is 10.1. The number of nitrogens with one attached hydrogen (secondary N) is 1. The highest BCUT2D eigenvalue weighted by Gasteiger charge is 2.77. The van der Waals surface area contributed by atoms with Crippen LogP contribution in [-0.4, -0.2) is 84.1 Å². The largest absolute Gasteiger partial charge is 0.311 e. The summed E-state index contributed by atoms with van der Waals surface area (Å²) in [7, 11) is 4.61. The van der Waals surface area contributed by atoms with E-state index in [0.717, 1.165) is 73.3 Å². The van der Waals surface area contributed by atoms with E-state index < -0.39 is 16.5 Å². The van der Waals surface area contributed by atoms with Crippen molar-refractivity contribution in [2.24, 2.45) is 20.9 Å². The topological polar surface area (TPSA) is 95.1 Å². The molecule has 1 saturated carbocycles. The standard InChI is InChI=1S/C36H62N9/c1-30(2)19-18-24-45(11,12)28(30)41-29-39-26-36(27(38-26)40-29)25(42-44-31(3,4)20-17-21-32(44,5)6)33(7,8)43(37)34(9,10)35(36)22-15-13-14-16-23-35/h28H,13-24H2,1-12H3,(H,38,39,40,41)/q+1. The van der Waals surface area contributed by atoms with Gasteiger partial charge in [-0.15, -0.1) is 0 Å². The third kappa shape index (κ3) is 4.48. The van der Waals surface area contributed by atoms with E-state index in [1.807, 2.05) is 0 Å². The molecule has 2 unspecified atom stereocenters. The summed E-state index contributed by atoms with van der Waals surface area (Å²) in [6, 6.07) is 0. The monoisotopic (exact) mass is 621 g/mol. The predicted molar refractivity (Wildman–Crippen MR) is 180 cm³/mol. The van der Waals surface area contributed by atoms with Gasteiger partial charge in [0.05, 0.1) is 43.0 Å². The molecule has 6 aliphatic rings.